The van der Waals surface area contributed by atoms with E-state index >= 15 is 0 Å². The summed E-state index contributed by atoms with van der Waals surface area (Å²) in [5, 5.41) is 8.13. The smallest absolute Gasteiger partial charge is 0.124 e. The maximum Gasteiger partial charge on any atom is 0.124 e. The quantitative estimate of drug-likeness (QED) is 0.317. The fourth-order valence-electron chi connectivity index (χ4n) is 4.82. The van der Waals surface area contributed by atoms with Crippen molar-refractivity contribution in [1.82, 2.24) is 15.6 Å². The van der Waals surface area contributed by atoms with Gasteiger partial charge in [-0.2, -0.15) is 0 Å². The molecule has 1 fully saturated rings. The van der Waals surface area contributed by atoms with E-state index in [0.717, 1.165) is 22.6 Å². The molecular formula is C27H31Cl2N3O2. The van der Waals surface area contributed by atoms with Crippen LogP contribution in [0.2, 0.25) is 5.02 Å². The molecule has 0 bridgehead atoms. The summed E-state index contributed by atoms with van der Waals surface area (Å²) in [6.07, 6.45) is 7.33. The molecule has 4 rings (SSSR count). The predicted molar refractivity (Wildman–Crippen MR) is 137 cm³/mol. The van der Waals surface area contributed by atoms with Crippen LogP contribution >= 0.6 is 23.5 Å². The van der Waals surface area contributed by atoms with Crippen LogP contribution in [0.3, 0.4) is 0 Å². The minimum absolute atomic E-state index is 0.286. The Labute approximate surface area is 212 Å². The Morgan fingerprint density at radius 1 is 1.03 bits per heavy atom. The number of halogens is 2. The van der Waals surface area contributed by atoms with Gasteiger partial charge in [-0.25, -0.2) is 0 Å². The zero-order valence-corrected chi connectivity index (χ0v) is 20.9. The minimum atomic E-state index is -0.689. The van der Waals surface area contributed by atoms with Crippen molar-refractivity contribution >= 4 is 23.5 Å². The highest BCUT2D eigenvalue weighted by Crippen LogP contribution is 2.39. The van der Waals surface area contributed by atoms with Crippen molar-refractivity contribution in [3.05, 3.63) is 94.3 Å². The predicted octanol–water partition coefficient (Wildman–Crippen LogP) is 5.98. The third-order valence-electron chi connectivity index (χ3n) is 6.56. The summed E-state index contributed by atoms with van der Waals surface area (Å²) in [4.78, 5) is 4.79. The van der Waals surface area contributed by atoms with E-state index in [2.05, 4.69) is 41.0 Å². The van der Waals surface area contributed by atoms with Gasteiger partial charge in [0.2, 0.25) is 0 Å². The fourth-order valence-corrected chi connectivity index (χ4v) is 5.06. The Balaban J connectivity index is 1.83. The minimum Gasteiger partial charge on any atom is -0.496 e. The zero-order chi connectivity index (χ0) is 23.8. The van der Waals surface area contributed by atoms with Gasteiger partial charge in [0, 0.05) is 30.9 Å². The summed E-state index contributed by atoms with van der Waals surface area (Å²) in [6, 6.07) is 20.8. The van der Waals surface area contributed by atoms with Gasteiger partial charge in [0.05, 0.1) is 41.8 Å². The molecule has 0 unspecified atom stereocenters. The molecular weight excluding hydrogens is 469 g/mol. The first-order valence-corrected chi connectivity index (χ1v) is 12.4. The molecule has 5 nitrogen and oxygen atoms in total. The van der Waals surface area contributed by atoms with E-state index in [1.165, 1.54) is 31.2 Å². The van der Waals surface area contributed by atoms with Gasteiger partial charge in [-0.3, -0.25) is 14.6 Å². The lowest BCUT2D eigenvalue weighted by atomic mass is 9.79. The van der Waals surface area contributed by atoms with Gasteiger partial charge in [-0.15, -0.1) is 0 Å². The van der Waals surface area contributed by atoms with E-state index in [4.69, 9.17) is 37.5 Å². The number of ether oxygens (including phenoxy) is 1. The molecule has 180 valence electrons. The lowest BCUT2D eigenvalue weighted by Gasteiger charge is -2.37. The first-order valence-electron chi connectivity index (χ1n) is 11.7. The van der Waals surface area contributed by atoms with Crippen molar-refractivity contribution in [2.45, 2.75) is 50.3 Å². The Kier molecular flexibility index (Phi) is 8.81. The molecule has 2 N–H and O–H groups in total. The number of nitrogens with zero attached hydrogens (tertiary/aromatic N) is 1. The lowest BCUT2D eigenvalue weighted by molar-refractivity contribution is 0.325. The number of rotatable bonds is 11. The van der Waals surface area contributed by atoms with Crippen LogP contribution in [-0.4, -0.2) is 24.8 Å². The van der Waals surface area contributed by atoms with E-state index in [9.17, 15) is 0 Å². The molecule has 0 radical (unpaired) electrons. The second kappa shape index (κ2) is 12.0. The molecule has 1 aliphatic carbocycles. The summed E-state index contributed by atoms with van der Waals surface area (Å²) in [5.74, 6) is 0.763. The Morgan fingerprint density at radius 3 is 2.50 bits per heavy atom. The van der Waals surface area contributed by atoms with Crippen LogP contribution in [0.15, 0.2) is 66.9 Å². The van der Waals surface area contributed by atoms with Gasteiger partial charge in [0.15, 0.2) is 0 Å². The molecule has 7 heteroatoms. The van der Waals surface area contributed by atoms with Crippen molar-refractivity contribution in [2.75, 3.05) is 13.8 Å². The summed E-state index contributed by atoms with van der Waals surface area (Å²) in [6.45, 7) is 0.912. The number of aromatic nitrogens is 1. The average Bonchev–Trinajstić information content (AvgIpc) is 3.38. The first kappa shape index (κ1) is 25.0. The largest absolute Gasteiger partial charge is 0.496 e. The van der Waals surface area contributed by atoms with Crippen molar-refractivity contribution < 1.29 is 9.03 Å². The van der Waals surface area contributed by atoms with Gasteiger partial charge in [-0.1, -0.05) is 60.8 Å². The van der Waals surface area contributed by atoms with E-state index in [1.807, 2.05) is 30.3 Å². The molecule has 1 atom stereocenters. The fraction of sp³-hybridized carbons (Fsp3) is 0.370. The van der Waals surface area contributed by atoms with Gasteiger partial charge in [0.25, 0.3) is 0 Å². The number of hydrogen-bond donors (Lipinski definition) is 2. The topological polar surface area (TPSA) is 55.4 Å². The van der Waals surface area contributed by atoms with Crippen molar-refractivity contribution in [3.63, 3.8) is 0 Å². The normalized spacial score (nSPS) is 15.9. The summed E-state index contributed by atoms with van der Waals surface area (Å²) >= 11 is 11.8. The molecule has 0 spiro atoms. The van der Waals surface area contributed by atoms with Gasteiger partial charge in [0.1, 0.15) is 5.75 Å². The molecule has 2 aromatic carbocycles. The molecule has 1 aliphatic rings. The Morgan fingerprint density at radius 2 is 1.82 bits per heavy atom. The number of hydrogen-bond acceptors (Lipinski definition) is 5. The molecule has 0 saturated heterocycles. The van der Waals surface area contributed by atoms with E-state index < -0.39 is 5.54 Å². The van der Waals surface area contributed by atoms with Crippen LogP contribution in [0.1, 0.15) is 48.1 Å². The van der Waals surface area contributed by atoms with E-state index in [0.29, 0.717) is 24.2 Å². The average molecular weight is 500 g/mol. The Hall–Kier alpha value is -2.15. The highest BCUT2D eigenvalue weighted by atomic mass is 35.5. The van der Waals surface area contributed by atoms with Crippen LogP contribution in [0, 0.1) is 0 Å². The number of methoxy groups -OCH3 is 1. The standard InChI is InChI=1S/C27H31Cl2N3O2/c1-33-25-13-11-21(18-34-29)15-24(25)27(16-20-7-3-2-4-8-20,26-14-12-22(28)17-30-26)32-19-31-23-9-5-6-10-23/h2-4,7-8,11-15,17,23,31-32H,5-6,9-10,16,18-19H2,1H3/t27-/m1/s1. The molecule has 1 aromatic heterocycles. The van der Waals surface area contributed by atoms with Crippen LogP contribution < -0.4 is 15.4 Å². The van der Waals surface area contributed by atoms with Crippen molar-refractivity contribution in [1.29, 1.82) is 0 Å². The lowest BCUT2D eigenvalue weighted by Crippen LogP contribution is -2.51. The number of pyridine rings is 1. The Bertz CT molecular complexity index is 1040. The van der Waals surface area contributed by atoms with E-state index in [1.54, 1.807) is 13.3 Å². The second-order valence-electron chi connectivity index (χ2n) is 8.76. The zero-order valence-electron chi connectivity index (χ0n) is 19.4. The maximum absolute atomic E-state index is 6.23. The van der Waals surface area contributed by atoms with E-state index in [-0.39, 0.29) is 6.61 Å². The van der Waals surface area contributed by atoms with Crippen LogP contribution in [-0.2, 0) is 22.9 Å². The van der Waals surface area contributed by atoms with Gasteiger partial charge >= 0.3 is 0 Å². The maximum atomic E-state index is 6.23. The molecule has 1 saturated carbocycles. The molecule has 0 aliphatic heterocycles. The SMILES string of the molecule is COc1ccc(COCl)cc1[C@@](Cc1ccccc1)(NCNC1CCCC1)c1ccc(Cl)cn1. The third kappa shape index (κ3) is 5.91. The van der Waals surface area contributed by atoms with Crippen LogP contribution in [0.5, 0.6) is 5.75 Å². The molecule has 34 heavy (non-hydrogen) atoms. The van der Waals surface area contributed by atoms with Crippen molar-refractivity contribution in [3.8, 4) is 5.75 Å². The summed E-state index contributed by atoms with van der Waals surface area (Å²) < 4.78 is 10.8. The highest BCUT2D eigenvalue weighted by Gasteiger charge is 2.38. The van der Waals surface area contributed by atoms with Gasteiger partial charge in [-0.05, 0) is 48.2 Å². The van der Waals surface area contributed by atoms with Crippen LogP contribution in [0.25, 0.3) is 0 Å². The molecule has 0 amide bonds. The summed E-state index contributed by atoms with van der Waals surface area (Å²) in [7, 11) is 1.69. The monoisotopic (exact) mass is 499 g/mol. The van der Waals surface area contributed by atoms with Gasteiger partial charge < -0.3 is 10.1 Å². The summed E-state index contributed by atoms with van der Waals surface area (Å²) in [5.41, 5.74) is 3.26. The molecule has 1 heterocycles. The first-order chi connectivity index (χ1) is 16.6. The second-order valence-corrected chi connectivity index (χ2v) is 9.41. The number of benzene rings is 2. The molecule has 3 aromatic rings. The van der Waals surface area contributed by atoms with Crippen LogP contribution in [0.4, 0.5) is 0 Å². The highest BCUT2D eigenvalue weighted by molar-refractivity contribution is 6.30. The third-order valence-corrected chi connectivity index (χ3v) is 6.89. The van der Waals surface area contributed by atoms with Crippen molar-refractivity contribution in [2.24, 2.45) is 0 Å². The number of nitrogens with one attached hydrogen (secondary N) is 2.